The molecule has 1 aromatic carbocycles. The molecule has 5 nitrogen and oxygen atoms in total. The van der Waals surface area contributed by atoms with Crippen molar-refractivity contribution in [2.24, 2.45) is 5.92 Å². The molecule has 0 saturated carbocycles. The summed E-state index contributed by atoms with van der Waals surface area (Å²) in [7, 11) is 0. The van der Waals surface area contributed by atoms with Crippen LogP contribution >= 0.6 is 0 Å². The molecule has 18 heavy (non-hydrogen) atoms. The van der Waals surface area contributed by atoms with Crippen molar-refractivity contribution in [3.8, 4) is 0 Å². The number of aliphatic hydroxyl groups excluding tert-OH is 1. The molecule has 1 fully saturated rings. The molecule has 0 aliphatic carbocycles. The third-order valence-electron chi connectivity index (χ3n) is 2.95. The van der Waals surface area contributed by atoms with E-state index in [2.05, 4.69) is 5.32 Å². The van der Waals surface area contributed by atoms with E-state index in [1.54, 1.807) is 24.3 Å². The smallest absolute Gasteiger partial charge is 0.257 e. The minimum absolute atomic E-state index is 0.154. The van der Waals surface area contributed by atoms with Crippen LogP contribution in [0.15, 0.2) is 30.3 Å². The molecule has 0 bridgehead atoms. The third-order valence-corrected chi connectivity index (χ3v) is 2.95. The lowest BCUT2D eigenvalue weighted by atomic mass is 10.0. The highest BCUT2D eigenvalue weighted by Crippen LogP contribution is 2.13. The lowest BCUT2D eigenvalue weighted by molar-refractivity contribution is -0.123. The van der Waals surface area contributed by atoms with Gasteiger partial charge in [-0.2, -0.15) is 0 Å². The van der Waals surface area contributed by atoms with E-state index in [1.165, 1.54) is 0 Å². The van der Waals surface area contributed by atoms with Crippen molar-refractivity contribution in [3.63, 3.8) is 0 Å². The van der Waals surface area contributed by atoms with Gasteiger partial charge in [-0.3, -0.25) is 19.8 Å². The van der Waals surface area contributed by atoms with Crippen molar-refractivity contribution in [1.29, 1.82) is 0 Å². The zero-order valence-electron chi connectivity index (χ0n) is 10.0. The Balaban J connectivity index is 1.77. The largest absolute Gasteiger partial charge is 0.396 e. The van der Waals surface area contributed by atoms with Gasteiger partial charge < -0.3 is 5.11 Å². The molecule has 0 spiro atoms. The first-order chi connectivity index (χ1) is 8.69. The average Bonchev–Trinajstić information content (AvgIpc) is 2.34. The molecule has 5 heteroatoms. The Morgan fingerprint density at radius 1 is 1.28 bits per heavy atom. The quantitative estimate of drug-likeness (QED) is 0.778. The molecule has 0 atom stereocenters. The number of imide groups is 1. The molecule has 1 aliphatic rings. The maximum Gasteiger partial charge on any atom is 0.257 e. The van der Waals surface area contributed by atoms with Gasteiger partial charge in [-0.15, -0.1) is 0 Å². The number of hydrogen-bond acceptors (Lipinski definition) is 4. The zero-order chi connectivity index (χ0) is 13.0. The van der Waals surface area contributed by atoms with E-state index in [9.17, 15) is 9.59 Å². The highest BCUT2D eigenvalue weighted by atomic mass is 16.3. The van der Waals surface area contributed by atoms with E-state index < -0.39 is 0 Å². The van der Waals surface area contributed by atoms with Gasteiger partial charge in [-0.25, -0.2) is 0 Å². The van der Waals surface area contributed by atoms with E-state index in [4.69, 9.17) is 5.11 Å². The molecule has 96 valence electrons. The predicted octanol–water partition coefficient (Wildman–Crippen LogP) is -0.133. The Morgan fingerprint density at radius 3 is 2.56 bits per heavy atom. The lowest BCUT2D eigenvalue weighted by Gasteiger charge is -2.37. The number of rotatable bonds is 4. The Labute approximate surface area is 105 Å². The van der Waals surface area contributed by atoms with Crippen LogP contribution in [0.2, 0.25) is 0 Å². The van der Waals surface area contributed by atoms with Gasteiger partial charge in [-0.05, 0) is 12.1 Å². The van der Waals surface area contributed by atoms with Crippen LogP contribution < -0.4 is 5.32 Å². The van der Waals surface area contributed by atoms with Crippen molar-refractivity contribution in [1.82, 2.24) is 10.2 Å². The molecule has 0 radical (unpaired) electrons. The molecular weight excluding hydrogens is 232 g/mol. The van der Waals surface area contributed by atoms with Crippen molar-refractivity contribution in [3.05, 3.63) is 35.9 Å². The summed E-state index contributed by atoms with van der Waals surface area (Å²) < 4.78 is 0. The van der Waals surface area contributed by atoms with E-state index in [1.807, 2.05) is 11.0 Å². The minimum atomic E-state index is -0.375. The summed E-state index contributed by atoms with van der Waals surface area (Å²) in [5.41, 5.74) is 0.475. The molecule has 2 rings (SSSR count). The molecule has 0 aromatic heterocycles. The van der Waals surface area contributed by atoms with E-state index in [-0.39, 0.29) is 30.9 Å². The fraction of sp³-hybridized carbons (Fsp3) is 0.385. The number of aliphatic hydroxyl groups is 1. The van der Waals surface area contributed by atoms with Crippen LogP contribution in [0.1, 0.15) is 10.4 Å². The van der Waals surface area contributed by atoms with Crippen molar-refractivity contribution >= 4 is 11.8 Å². The highest BCUT2D eigenvalue weighted by Gasteiger charge is 2.27. The first-order valence-electron chi connectivity index (χ1n) is 5.91. The fourth-order valence-corrected chi connectivity index (χ4v) is 1.95. The zero-order valence-corrected chi connectivity index (χ0v) is 10.0. The number of amides is 2. The number of nitrogens with one attached hydrogen (secondary N) is 1. The molecule has 1 aromatic rings. The normalized spacial score (nSPS) is 16.1. The Bertz CT molecular complexity index is 427. The molecule has 1 aliphatic heterocycles. The van der Waals surface area contributed by atoms with Gasteiger partial charge >= 0.3 is 0 Å². The van der Waals surface area contributed by atoms with E-state index in [0.717, 1.165) is 0 Å². The monoisotopic (exact) mass is 248 g/mol. The van der Waals surface area contributed by atoms with Gasteiger partial charge in [0.2, 0.25) is 5.91 Å². The summed E-state index contributed by atoms with van der Waals surface area (Å²) in [6.07, 6.45) is 0. The average molecular weight is 248 g/mol. The number of carbonyl (C=O) groups is 2. The van der Waals surface area contributed by atoms with Gasteiger partial charge in [0.25, 0.3) is 5.91 Å². The lowest BCUT2D eigenvalue weighted by Crippen LogP contribution is -2.52. The highest BCUT2D eigenvalue weighted by molar-refractivity contribution is 6.05. The van der Waals surface area contributed by atoms with Crippen LogP contribution in [0.5, 0.6) is 0 Å². The van der Waals surface area contributed by atoms with Crippen molar-refractivity contribution < 1.29 is 14.7 Å². The van der Waals surface area contributed by atoms with Gasteiger partial charge in [0.15, 0.2) is 0 Å². The maximum atomic E-state index is 11.7. The number of likely N-dealkylation sites (tertiary alicyclic amines) is 1. The fourth-order valence-electron chi connectivity index (χ4n) is 1.95. The topological polar surface area (TPSA) is 69.6 Å². The Kier molecular flexibility index (Phi) is 4.07. The molecule has 1 heterocycles. The van der Waals surface area contributed by atoms with E-state index in [0.29, 0.717) is 18.7 Å². The number of benzene rings is 1. The Morgan fingerprint density at radius 2 is 1.94 bits per heavy atom. The SMILES string of the molecule is O=C(CN1CC(CO)C1)NC(=O)c1ccccc1. The van der Waals surface area contributed by atoms with Crippen LogP contribution in [0.4, 0.5) is 0 Å². The second-order valence-electron chi connectivity index (χ2n) is 4.49. The molecule has 1 saturated heterocycles. The van der Waals surface area contributed by atoms with Crippen LogP contribution in [-0.2, 0) is 4.79 Å². The summed E-state index contributed by atoms with van der Waals surface area (Å²) in [6, 6.07) is 8.64. The van der Waals surface area contributed by atoms with Crippen LogP contribution in [-0.4, -0.2) is 48.1 Å². The molecular formula is C13H16N2O3. The Hall–Kier alpha value is -1.72. The second-order valence-corrected chi connectivity index (χ2v) is 4.49. The molecule has 0 unspecified atom stereocenters. The van der Waals surface area contributed by atoms with Crippen molar-refractivity contribution in [2.45, 2.75) is 0 Å². The van der Waals surface area contributed by atoms with E-state index >= 15 is 0 Å². The minimum Gasteiger partial charge on any atom is -0.396 e. The predicted molar refractivity (Wildman–Crippen MR) is 65.9 cm³/mol. The number of hydrogen-bond donors (Lipinski definition) is 2. The maximum absolute atomic E-state index is 11.7. The standard InChI is InChI=1S/C13H16N2O3/c16-9-10-6-15(7-10)8-12(17)14-13(18)11-4-2-1-3-5-11/h1-5,10,16H,6-9H2,(H,14,17,18). The van der Waals surface area contributed by atoms with Crippen LogP contribution in [0, 0.1) is 5.92 Å². The summed E-state index contributed by atoms with van der Waals surface area (Å²) in [5.74, 6) is -0.414. The summed E-state index contributed by atoms with van der Waals surface area (Å²) in [4.78, 5) is 25.2. The van der Waals surface area contributed by atoms with Gasteiger partial charge in [0.05, 0.1) is 6.54 Å². The van der Waals surface area contributed by atoms with Gasteiger partial charge in [0.1, 0.15) is 0 Å². The third kappa shape index (κ3) is 3.15. The first-order valence-corrected chi connectivity index (χ1v) is 5.91. The summed E-state index contributed by atoms with van der Waals surface area (Å²) in [5, 5.41) is 11.2. The summed E-state index contributed by atoms with van der Waals surface area (Å²) >= 11 is 0. The van der Waals surface area contributed by atoms with Gasteiger partial charge in [0, 0.05) is 31.2 Å². The number of carbonyl (C=O) groups excluding carboxylic acids is 2. The van der Waals surface area contributed by atoms with Crippen molar-refractivity contribution in [2.75, 3.05) is 26.2 Å². The first kappa shape index (κ1) is 12.7. The molecule has 2 N–H and O–H groups in total. The number of nitrogens with zero attached hydrogens (tertiary/aromatic N) is 1. The second kappa shape index (κ2) is 5.75. The van der Waals surface area contributed by atoms with Gasteiger partial charge in [-0.1, -0.05) is 18.2 Å². The van der Waals surface area contributed by atoms with Crippen LogP contribution in [0.25, 0.3) is 0 Å². The molecule has 2 amide bonds. The summed E-state index contributed by atoms with van der Waals surface area (Å²) in [6.45, 7) is 1.78. The van der Waals surface area contributed by atoms with Crippen LogP contribution in [0.3, 0.4) is 0 Å².